The number of nitrogens with zero attached hydrogens (tertiary/aromatic N) is 9. The third-order valence-corrected chi connectivity index (χ3v) is 16.9. The lowest BCUT2D eigenvalue weighted by atomic mass is 10.1. The maximum absolute atomic E-state index is 12.4. The molecule has 6 heterocycles. The van der Waals surface area contributed by atoms with Gasteiger partial charge in [-0.3, -0.25) is 9.59 Å². The number of nitrogen functional groups attached to an aromatic ring is 1. The highest BCUT2D eigenvalue weighted by atomic mass is 79.9. The maximum atomic E-state index is 12.4. The third kappa shape index (κ3) is 16.5. The Labute approximate surface area is 593 Å². The number of benzene rings is 8. The van der Waals surface area contributed by atoms with E-state index < -0.39 is 5.24 Å². The van der Waals surface area contributed by atoms with Crippen LogP contribution < -0.4 is 31.2 Å². The zero-order valence-corrected chi connectivity index (χ0v) is 57.9. The minimum atomic E-state index is -0.431. The number of aromatic amines is 2. The number of carbonyl (C=O) groups is 2. The molecule has 14 aromatic rings. The molecule has 0 saturated carbocycles. The fourth-order valence-corrected chi connectivity index (χ4v) is 11.7. The Morgan fingerprint density at radius 2 is 1.03 bits per heavy atom. The molecule has 14 rings (SSSR count). The molecule has 496 valence electrons. The topological polar surface area (TPSA) is 237 Å². The summed E-state index contributed by atoms with van der Waals surface area (Å²) in [7, 11) is 7.24. The van der Waals surface area contributed by atoms with Crippen molar-refractivity contribution < 1.29 is 19.1 Å². The van der Waals surface area contributed by atoms with Crippen molar-refractivity contribution in [3.05, 3.63) is 252 Å². The molecule has 8 aromatic carbocycles. The Kier molecular flexibility index (Phi) is 21.5. The van der Waals surface area contributed by atoms with Crippen molar-refractivity contribution in [1.82, 2.24) is 53.9 Å². The SMILES string of the molecule is COc1ccc(Cn2c(-c3ccc(N)cc3)nc3cc(Nc4ncc(Cl)c(-c5c[nH]c6ccccc56)n4)ccc32)cc1.COc1ccc(Cn2c(-c3ccc(NC(=O)/C=C/CN(C)C)cc3)nc3cc(Nc4ncc(Cl)c(-c5c[nH]c6ccccc56)n4)ccc32)cc1.O=C(Cl)/C=C/CBr. The number of nitrogens with two attached hydrogens (primary N) is 1. The number of nitrogens with one attached hydrogen (secondary N) is 5. The van der Waals surface area contributed by atoms with Gasteiger partial charge < -0.3 is 55.2 Å². The van der Waals surface area contributed by atoms with Crippen LogP contribution in [0.1, 0.15) is 11.1 Å². The molecule has 1 amide bonds. The van der Waals surface area contributed by atoms with Gasteiger partial charge in [0, 0.05) is 110 Å². The summed E-state index contributed by atoms with van der Waals surface area (Å²) in [5.41, 5.74) is 21.8. The number of imidazole rings is 2. The van der Waals surface area contributed by atoms with E-state index in [0.717, 1.165) is 112 Å². The van der Waals surface area contributed by atoms with Crippen molar-refractivity contribution >= 4 is 140 Å². The first kappa shape index (κ1) is 67.8. The molecule has 0 aliphatic rings. The molecule has 0 aliphatic heterocycles. The van der Waals surface area contributed by atoms with E-state index in [2.05, 4.69) is 91.3 Å². The molecule has 0 bridgehead atoms. The number of rotatable bonds is 20. The van der Waals surface area contributed by atoms with Gasteiger partial charge in [0.15, 0.2) is 0 Å². The first-order chi connectivity index (χ1) is 48.2. The maximum Gasteiger partial charge on any atom is 0.248 e. The second kappa shape index (κ2) is 31.4. The number of aromatic nitrogens is 10. The number of likely N-dealkylation sites (N-methyl/N-ethyl adjacent to an activating group) is 1. The molecule has 7 N–H and O–H groups in total. The van der Waals surface area contributed by atoms with Crippen LogP contribution in [0.15, 0.2) is 231 Å². The monoisotopic (exact) mass is 1440 g/mol. The normalized spacial score (nSPS) is 11.3. The Hall–Kier alpha value is -11.1. The van der Waals surface area contributed by atoms with E-state index in [1.807, 2.05) is 189 Å². The Bertz CT molecular complexity index is 5250. The van der Waals surface area contributed by atoms with Crippen LogP contribution in [0.5, 0.6) is 11.5 Å². The number of anilines is 6. The van der Waals surface area contributed by atoms with Gasteiger partial charge in [-0.15, -0.1) is 0 Å². The molecular weight excluding hydrogens is 1370 g/mol. The average molecular weight is 1440 g/mol. The van der Waals surface area contributed by atoms with Gasteiger partial charge in [0.2, 0.25) is 23.0 Å². The number of allylic oxidation sites excluding steroid dienone is 2. The van der Waals surface area contributed by atoms with Crippen molar-refractivity contribution in [3.63, 3.8) is 0 Å². The van der Waals surface area contributed by atoms with Crippen LogP contribution in [0, 0.1) is 0 Å². The fraction of sp³-hybridized carbons (Fsp3) is 0.105. The van der Waals surface area contributed by atoms with Crippen molar-refractivity contribution in [1.29, 1.82) is 0 Å². The number of H-pyrrole nitrogens is 2. The molecule has 99 heavy (non-hydrogen) atoms. The van der Waals surface area contributed by atoms with Crippen molar-refractivity contribution in [2.45, 2.75) is 13.1 Å². The molecule has 0 unspecified atom stereocenters. The van der Waals surface area contributed by atoms with Gasteiger partial charge in [-0.2, -0.15) is 0 Å². The Balaban J connectivity index is 0.000000173. The van der Waals surface area contributed by atoms with Crippen molar-refractivity contribution in [3.8, 4) is 56.8 Å². The summed E-state index contributed by atoms with van der Waals surface area (Å²) in [6.07, 6.45) is 13.4. The smallest absolute Gasteiger partial charge is 0.248 e. The van der Waals surface area contributed by atoms with Crippen LogP contribution in [-0.4, -0.2) is 105 Å². The van der Waals surface area contributed by atoms with Gasteiger partial charge in [0.1, 0.15) is 23.1 Å². The van der Waals surface area contributed by atoms with Gasteiger partial charge in [-0.25, -0.2) is 29.9 Å². The molecule has 0 aliphatic carbocycles. The predicted octanol–water partition coefficient (Wildman–Crippen LogP) is 17.5. The highest BCUT2D eigenvalue weighted by Gasteiger charge is 2.20. The molecule has 0 saturated heterocycles. The Morgan fingerprint density at radius 3 is 1.46 bits per heavy atom. The van der Waals surface area contributed by atoms with Crippen LogP contribution in [0.4, 0.5) is 34.6 Å². The predicted molar refractivity (Wildman–Crippen MR) is 404 cm³/mol. The number of fused-ring (bicyclic) bond motifs is 4. The lowest BCUT2D eigenvalue weighted by molar-refractivity contribution is -0.112. The largest absolute Gasteiger partial charge is 0.497 e. The summed E-state index contributed by atoms with van der Waals surface area (Å²) in [6, 6.07) is 59.7. The van der Waals surface area contributed by atoms with E-state index in [1.165, 1.54) is 6.08 Å². The van der Waals surface area contributed by atoms with E-state index >= 15 is 0 Å². The molecule has 0 radical (unpaired) electrons. The highest BCUT2D eigenvalue weighted by molar-refractivity contribution is 9.09. The van der Waals surface area contributed by atoms with Gasteiger partial charge in [-0.1, -0.05) is 112 Å². The number of methoxy groups -OCH3 is 2. The highest BCUT2D eigenvalue weighted by Crippen LogP contribution is 2.37. The number of alkyl halides is 1. The zero-order chi connectivity index (χ0) is 68.9. The first-order valence-electron chi connectivity index (χ1n) is 31.2. The fourth-order valence-electron chi connectivity index (χ4n) is 11.1. The summed E-state index contributed by atoms with van der Waals surface area (Å²) in [6.45, 7) is 1.92. The molecule has 19 nitrogen and oxygen atoms in total. The lowest BCUT2D eigenvalue weighted by Gasteiger charge is -2.12. The summed E-state index contributed by atoms with van der Waals surface area (Å²) in [5.74, 6) is 3.94. The van der Waals surface area contributed by atoms with E-state index in [1.54, 1.807) is 38.8 Å². The summed E-state index contributed by atoms with van der Waals surface area (Å²) in [4.78, 5) is 59.4. The molecule has 0 spiro atoms. The molecule has 0 fully saturated rings. The Morgan fingerprint density at radius 1 is 0.576 bits per heavy atom. The van der Waals surface area contributed by atoms with Crippen molar-refractivity contribution in [2.75, 3.05) is 61.9 Å². The summed E-state index contributed by atoms with van der Waals surface area (Å²) in [5, 5.41) is 12.9. The molecule has 6 aromatic heterocycles. The van der Waals surface area contributed by atoms with Crippen molar-refractivity contribution in [2.24, 2.45) is 0 Å². The molecule has 0 atom stereocenters. The number of amides is 1. The standard InChI is InChI=1S/C39H35ClN8O2.C33H26ClN7O.C4H4BrClO/c1-47(2)20-6-9-36(49)43-27-14-12-26(13-15-27)38-45-34-21-28(16-19-35(34)48(38)24-25-10-17-29(50-3)18-11-25)44-39-42-23-32(40)37(46-39)31-22-41-33-8-5-4-7-30(31)33;1-42-24-13-6-20(7-14-24)19-41-30-15-12-23(16-29(30)39-32(41)21-8-10-22(35)11-9-21)38-33-37-18-27(34)31(40-33)26-17-36-28-5-3-2-4-25(26)28;5-3-1-2-4(6)7/h4-19,21-23,41H,20,24H2,1-3H3,(H,43,49)(H,42,44,46);2-18,36H,19,35H2,1H3,(H,37,38,40);1-2H,3H2/b9-6+;;2-1+. The number of carbonyl (C=O) groups excluding carboxylic acids is 2. The van der Waals surface area contributed by atoms with Gasteiger partial charge in [0.05, 0.1) is 70.1 Å². The van der Waals surface area contributed by atoms with E-state index in [4.69, 9.17) is 69.9 Å². The third-order valence-electron chi connectivity index (χ3n) is 15.8. The summed E-state index contributed by atoms with van der Waals surface area (Å²) >= 11 is 21.1. The molecular formula is C76H65BrCl3N15O4. The number of ether oxygens (including phenoxy) is 2. The minimum absolute atomic E-state index is 0.176. The summed E-state index contributed by atoms with van der Waals surface area (Å²) < 4.78 is 15.1. The number of para-hydroxylation sites is 2. The van der Waals surface area contributed by atoms with Crippen LogP contribution in [0.2, 0.25) is 10.0 Å². The van der Waals surface area contributed by atoms with E-state index in [0.29, 0.717) is 69.7 Å². The second-order valence-corrected chi connectivity index (χ2v) is 24.7. The lowest BCUT2D eigenvalue weighted by Crippen LogP contribution is -2.12. The van der Waals surface area contributed by atoms with Crippen LogP contribution in [-0.2, 0) is 22.7 Å². The second-order valence-electron chi connectivity index (χ2n) is 22.9. The first-order valence-corrected chi connectivity index (χ1v) is 33.4. The van der Waals surface area contributed by atoms with Gasteiger partial charge in [0.25, 0.3) is 0 Å². The number of hydrogen-bond donors (Lipinski definition) is 6. The van der Waals surface area contributed by atoms with E-state index in [9.17, 15) is 9.59 Å². The zero-order valence-electron chi connectivity index (χ0n) is 54.0. The van der Waals surface area contributed by atoms with Gasteiger partial charge in [-0.05, 0) is 164 Å². The average Bonchev–Trinajstić information content (AvgIpc) is 1.64. The quantitative estimate of drug-likeness (QED) is 0.0180. The number of halogens is 4. The van der Waals surface area contributed by atoms with Gasteiger partial charge >= 0.3 is 0 Å². The number of hydrogen-bond acceptors (Lipinski definition) is 14. The van der Waals surface area contributed by atoms with Crippen LogP contribution >= 0.6 is 50.7 Å². The van der Waals surface area contributed by atoms with Crippen LogP contribution in [0.3, 0.4) is 0 Å². The molecule has 23 heteroatoms. The van der Waals surface area contributed by atoms with E-state index in [-0.39, 0.29) is 5.91 Å². The minimum Gasteiger partial charge on any atom is -0.497 e. The van der Waals surface area contributed by atoms with Crippen LogP contribution in [0.25, 0.3) is 89.2 Å².